The van der Waals surface area contributed by atoms with Crippen molar-refractivity contribution in [3.63, 3.8) is 0 Å². The molecule has 0 spiro atoms. The van der Waals surface area contributed by atoms with E-state index in [1.807, 2.05) is 28.8 Å². The summed E-state index contributed by atoms with van der Waals surface area (Å²) in [7, 11) is 0. The Labute approximate surface area is 161 Å². The molecule has 3 aromatic rings. The first-order valence-corrected chi connectivity index (χ1v) is 9.40. The Morgan fingerprint density at radius 2 is 2.04 bits per heavy atom. The fourth-order valence-electron chi connectivity index (χ4n) is 3.14. The minimum Gasteiger partial charge on any atom is -0.379 e. The number of aromatic nitrogens is 7. The number of nitrogens with zero attached hydrogens (tertiary/aromatic N) is 8. The van der Waals surface area contributed by atoms with E-state index in [9.17, 15) is 4.79 Å². The molecule has 0 atom stereocenters. The topological polar surface area (TPSA) is 115 Å². The van der Waals surface area contributed by atoms with Crippen LogP contribution in [0, 0.1) is 0 Å². The van der Waals surface area contributed by atoms with E-state index in [0.29, 0.717) is 38.3 Å². The number of hydrogen-bond donors (Lipinski definition) is 1. The average molecular weight is 385 g/mol. The number of amides is 1. The minimum absolute atomic E-state index is 0.0320. The molecule has 1 N–H and O–H groups in total. The average Bonchev–Trinajstić information content (AvgIpc) is 3.34. The van der Waals surface area contributed by atoms with Gasteiger partial charge in [-0.25, -0.2) is 4.68 Å². The smallest absolute Gasteiger partial charge is 0.220 e. The number of aryl methyl sites for hydroxylation is 1. The van der Waals surface area contributed by atoms with Gasteiger partial charge in [-0.2, -0.15) is 0 Å². The van der Waals surface area contributed by atoms with Crippen LogP contribution < -0.4 is 5.32 Å². The van der Waals surface area contributed by atoms with Crippen LogP contribution in [0.2, 0.25) is 0 Å². The van der Waals surface area contributed by atoms with Crippen molar-refractivity contribution >= 4 is 11.6 Å². The third-order valence-corrected chi connectivity index (χ3v) is 4.68. The van der Waals surface area contributed by atoms with Gasteiger partial charge in [-0.15, -0.1) is 15.3 Å². The highest BCUT2D eigenvalue weighted by atomic mass is 16.5. The molecule has 1 saturated heterocycles. The molecule has 0 bridgehead atoms. The van der Waals surface area contributed by atoms with Crippen LogP contribution >= 0.6 is 0 Å². The minimum atomic E-state index is -0.0320. The van der Waals surface area contributed by atoms with Crippen LogP contribution in [0.3, 0.4) is 0 Å². The Hall–Kier alpha value is -2.92. The molecule has 0 aromatic carbocycles. The van der Waals surface area contributed by atoms with Crippen LogP contribution in [-0.4, -0.2) is 71.9 Å². The zero-order valence-corrected chi connectivity index (χ0v) is 15.6. The Kier molecular flexibility index (Phi) is 5.83. The molecule has 4 heterocycles. The van der Waals surface area contributed by atoms with Gasteiger partial charge in [0.25, 0.3) is 0 Å². The van der Waals surface area contributed by atoms with Crippen LogP contribution in [0.1, 0.15) is 24.5 Å². The highest BCUT2D eigenvalue weighted by Crippen LogP contribution is 2.06. The van der Waals surface area contributed by atoms with Crippen LogP contribution in [0.4, 0.5) is 0 Å². The molecule has 1 fully saturated rings. The first kappa shape index (κ1) is 18.4. The summed E-state index contributed by atoms with van der Waals surface area (Å²) >= 11 is 0. The second-order valence-electron chi connectivity index (χ2n) is 6.63. The Morgan fingerprint density at radius 3 is 2.93 bits per heavy atom. The summed E-state index contributed by atoms with van der Waals surface area (Å²) in [6.45, 7) is 4.89. The molecule has 11 nitrogen and oxygen atoms in total. The molecule has 11 heteroatoms. The predicted octanol–water partition coefficient (Wildman–Crippen LogP) is -0.355. The van der Waals surface area contributed by atoms with Gasteiger partial charge in [0.05, 0.1) is 26.3 Å². The lowest BCUT2D eigenvalue weighted by Gasteiger charge is -2.25. The number of fused-ring (bicyclic) bond motifs is 1. The standard InChI is InChI=1S/C17H23N9O2/c27-17(18-12-15-20-19-14-4-1-2-6-25(14)15)5-3-7-26-16(21-22-23-26)13-24-8-10-28-11-9-24/h1-2,4,6H,3,5,7-13H2,(H,18,27). The lowest BCUT2D eigenvalue weighted by atomic mass is 10.3. The third kappa shape index (κ3) is 4.49. The lowest BCUT2D eigenvalue weighted by molar-refractivity contribution is -0.121. The maximum absolute atomic E-state index is 12.2. The Bertz CT molecular complexity index is 916. The number of carbonyl (C=O) groups excluding carboxylic acids is 1. The molecule has 0 saturated carbocycles. The zero-order valence-electron chi connectivity index (χ0n) is 15.6. The summed E-state index contributed by atoms with van der Waals surface area (Å²) in [5.41, 5.74) is 0.762. The third-order valence-electron chi connectivity index (χ3n) is 4.68. The zero-order chi connectivity index (χ0) is 19.2. The molecular formula is C17H23N9O2. The van der Waals surface area contributed by atoms with E-state index in [0.717, 1.165) is 37.8 Å². The van der Waals surface area contributed by atoms with Gasteiger partial charge in [0.15, 0.2) is 17.3 Å². The van der Waals surface area contributed by atoms with Crippen LogP contribution in [0.25, 0.3) is 5.65 Å². The molecule has 0 aliphatic carbocycles. The molecule has 0 radical (unpaired) electrons. The molecule has 1 aliphatic rings. The van der Waals surface area contributed by atoms with Crippen LogP contribution in [-0.2, 0) is 29.2 Å². The SMILES string of the molecule is O=C(CCCn1nnnc1CN1CCOCC1)NCc1nnc2ccccn12. The number of nitrogens with one attached hydrogen (secondary N) is 1. The Balaban J connectivity index is 1.22. The van der Waals surface area contributed by atoms with Crippen molar-refractivity contribution in [3.05, 3.63) is 36.0 Å². The fourth-order valence-corrected chi connectivity index (χ4v) is 3.14. The number of morpholine rings is 1. The van der Waals surface area contributed by atoms with Crippen molar-refractivity contribution in [2.24, 2.45) is 0 Å². The lowest BCUT2D eigenvalue weighted by Crippen LogP contribution is -2.36. The van der Waals surface area contributed by atoms with Gasteiger partial charge in [0.2, 0.25) is 5.91 Å². The molecule has 1 amide bonds. The van der Waals surface area contributed by atoms with Crippen molar-refractivity contribution in [3.8, 4) is 0 Å². The number of ether oxygens (including phenoxy) is 1. The maximum atomic E-state index is 12.2. The highest BCUT2D eigenvalue weighted by Gasteiger charge is 2.15. The highest BCUT2D eigenvalue weighted by molar-refractivity contribution is 5.75. The number of carbonyl (C=O) groups is 1. The van der Waals surface area contributed by atoms with Gasteiger partial charge in [-0.3, -0.25) is 14.1 Å². The van der Waals surface area contributed by atoms with Gasteiger partial charge in [-0.05, 0) is 29.0 Å². The van der Waals surface area contributed by atoms with E-state index in [-0.39, 0.29) is 5.91 Å². The second kappa shape index (κ2) is 8.85. The molecule has 4 rings (SSSR count). The van der Waals surface area contributed by atoms with Gasteiger partial charge in [0, 0.05) is 32.3 Å². The molecule has 3 aromatic heterocycles. The molecule has 0 unspecified atom stereocenters. The van der Waals surface area contributed by atoms with Crippen molar-refractivity contribution in [2.75, 3.05) is 26.3 Å². The number of rotatable bonds is 8. The van der Waals surface area contributed by atoms with Gasteiger partial charge < -0.3 is 10.1 Å². The van der Waals surface area contributed by atoms with E-state index >= 15 is 0 Å². The fraction of sp³-hybridized carbons (Fsp3) is 0.529. The van der Waals surface area contributed by atoms with E-state index in [2.05, 4.69) is 35.9 Å². The molecule has 1 aliphatic heterocycles. The van der Waals surface area contributed by atoms with Crippen molar-refractivity contribution in [1.29, 1.82) is 0 Å². The second-order valence-corrected chi connectivity index (χ2v) is 6.63. The number of hydrogen-bond acceptors (Lipinski definition) is 8. The first-order chi connectivity index (χ1) is 13.8. The summed E-state index contributed by atoms with van der Waals surface area (Å²) in [6, 6.07) is 5.68. The molecule has 148 valence electrons. The van der Waals surface area contributed by atoms with E-state index in [1.54, 1.807) is 4.68 Å². The Morgan fingerprint density at radius 1 is 1.14 bits per heavy atom. The summed E-state index contributed by atoms with van der Waals surface area (Å²) < 4.78 is 8.99. The molecule has 28 heavy (non-hydrogen) atoms. The first-order valence-electron chi connectivity index (χ1n) is 9.40. The van der Waals surface area contributed by atoms with E-state index < -0.39 is 0 Å². The monoisotopic (exact) mass is 385 g/mol. The predicted molar refractivity (Wildman–Crippen MR) is 98.0 cm³/mol. The summed E-state index contributed by atoms with van der Waals surface area (Å²) in [5, 5.41) is 23.0. The number of tetrazole rings is 1. The summed E-state index contributed by atoms with van der Waals surface area (Å²) in [5.74, 6) is 1.49. The van der Waals surface area contributed by atoms with Gasteiger partial charge in [0.1, 0.15) is 0 Å². The van der Waals surface area contributed by atoms with Gasteiger partial charge in [-0.1, -0.05) is 6.07 Å². The molecular weight excluding hydrogens is 362 g/mol. The van der Waals surface area contributed by atoms with Crippen LogP contribution in [0.15, 0.2) is 24.4 Å². The van der Waals surface area contributed by atoms with Crippen LogP contribution in [0.5, 0.6) is 0 Å². The van der Waals surface area contributed by atoms with Crippen molar-refractivity contribution in [2.45, 2.75) is 32.5 Å². The summed E-state index contributed by atoms with van der Waals surface area (Å²) in [4.78, 5) is 14.4. The normalized spacial score (nSPS) is 15.1. The largest absolute Gasteiger partial charge is 0.379 e. The van der Waals surface area contributed by atoms with Crippen molar-refractivity contribution in [1.82, 2.24) is 45.0 Å². The van der Waals surface area contributed by atoms with Gasteiger partial charge >= 0.3 is 0 Å². The number of pyridine rings is 1. The summed E-state index contributed by atoms with van der Waals surface area (Å²) in [6.07, 6.45) is 2.94. The quantitative estimate of drug-likeness (QED) is 0.559. The van der Waals surface area contributed by atoms with E-state index in [1.165, 1.54) is 0 Å². The van der Waals surface area contributed by atoms with E-state index in [4.69, 9.17) is 4.74 Å². The van der Waals surface area contributed by atoms with Crippen molar-refractivity contribution < 1.29 is 9.53 Å². The maximum Gasteiger partial charge on any atom is 0.220 e.